The summed E-state index contributed by atoms with van der Waals surface area (Å²) in [6.45, 7) is 0. The third kappa shape index (κ3) is 3.47. The normalized spacial score (nSPS) is 12.4. The van der Waals surface area contributed by atoms with E-state index < -0.39 is 11.9 Å². The number of cyclic esters (lactones) is 2. The molecule has 1 aliphatic heterocycles. The second-order valence-electron chi connectivity index (χ2n) is 4.97. The van der Waals surface area contributed by atoms with Crippen molar-refractivity contribution >= 4 is 54.6 Å². The van der Waals surface area contributed by atoms with Crippen molar-refractivity contribution in [3.8, 4) is 0 Å². The average Bonchev–Trinajstić information content (AvgIpc) is 2.85. The molecule has 0 aliphatic carbocycles. The van der Waals surface area contributed by atoms with Crippen molar-refractivity contribution in [1.82, 2.24) is 10.2 Å². The number of halogens is 2. The average molecular weight is 468 g/mol. The molecule has 3 aromatic rings. The summed E-state index contributed by atoms with van der Waals surface area (Å²) in [6, 6.07) is 9.77. The van der Waals surface area contributed by atoms with Gasteiger partial charge in [-0.1, -0.05) is 31.9 Å². The van der Waals surface area contributed by atoms with Gasteiger partial charge in [0.1, 0.15) is 0 Å². The highest BCUT2D eigenvalue weighted by Crippen LogP contribution is 2.23. The fourth-order valence-electron chi connectivity index (χ4n) is 2.21. The van der Waals surface area contributed by atoms with E-state index >= 15 is 0 Å². The number of rotatable bonds is 0. The van der Waals surface area contributed by atoms with E-state index in [9.17, 15) is 19.2 Å². The predicted octanol–water partition coefficient (Wildman–Crippen LogP) is 2.74. The third-order valence-corrected chi connectivity index (χ3v) is 4.35. The third-order valence-electron chi connectivity index (χ3n) is 3.37. The van der Waals surface area contributed by atoms with Crippen LogP contribution in [0, 0.1) is 0 Å². The fourth-order valence-corrected chi connectivity index (χ4v) is 2.93. The number of esters is 2. The van der Waals surface area contributed by atoms with Crippen LogP contribution in [0.1, 0.15) is 20.7 Å². The van der Waals surface area contributed by atoms with E-state index in [2.05, 4.69) is 46.8 Å². The monoisotopic (exact) mass is 466 g/mol. The molecule has 2 heterocycles. The first kappa shape index (κ1) is 17.3. The lowest BCUT2D eigenvalue weighted by Crippen LogP contribution is -2.18. The molecular formula is C16H8Br2N2O5. The Kier molecular flexibility index (Phi) is 4.69. The molecule has 2 N–H and O–H groups in total. The van der Waals surface area contributed by atoms with Crippen molar-refractivity contribution in [2.45, 2.75) is 0 Å². The molecule has 0 spiro atoms. The highest BCUT2D eigenvalue weighted by Gasteiger charge is 2.29. The number of aromatic nitrogens is 2. The van der Waals surface area contributed by atoms with E-state index in [0.717, 1.165) is 8.95 Å². The molecule has 9 heteroatoms. The SMILES string of the molecule is O=C1OC(=O)c2cc(Br)ccc21.O=c1[nH][nH]c(=O)c2cc(Br)ccc12. The molecule has 7 nitrogen and oxygen atoms in total. The summed E-state index contributed by atoms with van der Waals surface area (Å²) >= 11 is 6.42. The molecule has 25 heavy (non-hydrogen) atoms. The van der Waals surface area contributed by atoms with Crippen molar-refractivity contribution in [3.63, 3.8) is 0 Å². The lowest BCUT2D eigenvalue weighted by Gasteiger charge is -1.95. The van der Waals surface area contributed by atoms with Crippen LogP contribution in [0.3, 0.4) is 0 Å². The predicted molar refractivity (Wildman–Crippen MR) is 96.8 cm³/mol. The van der Waals surface area contributed by atoms with E-state index in [1.165, 1.54) is 0 Å². The van der Waals surface area contributed by atoms with Crippen LogP contribution >= 0.6 is 31.9 Å². The van der Waals surface area contributed by atoms with Gasteiger partial charge >= 0.3 is 11.9 Å². The summed E-state index contributed by atoms with van der Waals surface area (Å²) < 4.78 is 5.92. The van der Waals surface area contributed by atoms with Gasteiger partial charge < -0.3 is 4.74 Å². The van der Waals surface area contributed by atoms with Crippen LogP contribution in [-0.4, -0.2) is 22.1 Å². The maximum atomic E-state index is 11.2. The van der Waals surface area contributed by atoms with Gasteiger partial charge in [0.05, 0.1) is 21.9 Å². The first-order valence-electron chi connectivity index (χ1n) is 6.83. The second-order valence-corrected chi connectivity index (χ2v) is 6.80. The number of carbonyl (C=O) groups excluding carboxylic acids is 2. The first-order chi connectivity index (χ1) is 11.9. The highest BCUT2D eigenvalue weighted by atomic mass is 79.9. The number of benzene rings is 2. The molecule has 0 saturated heterocycles. The smallest absolute Gasteiger partial charge is 0.346 e. The highest BCUT2D eigenvalue weighted by molar-refractivity contribution is 9.10. The summed E-state index contributed by atoms with van der Waals surface area (Å²) in [7, 11) is 0. The zero-order valence-corrected chi connectivity index (χ0v) is 15.4. The van der Waals surface area contributed by atoms with Crippen LogP contribution in [0.5, 0.6) is 0 Å². The Hall–Kier alpha value is -2.52. The molecule has 126 valence electrons. The number of hydrogen-bond donors (Lipinski definition) is 2. The molecule has 2 aromatic carbocycles. The van der Waals surface area contributed by atoms with E-state index in [1.807, 2.05) is 0 Å². The molecule has 0 saturated carbocycles. The van der Waals surface area contributed by atoms with Gasteiger partial charge in [-0.25, -0.2) is 9.59 Å². The van der Waals surface area contributed by atoms with Gasteiger partial charge in [-0.2, -0.15) is 0 Å². The Morgan fingerprint density at radius 2 is 1.24 bits per heavy atom. The zero-order chi connectivity index (χ0) is 18.1. The molecule has 1 aromatic heterocycles. The Morgan fingerprint density at radius 1 is 0.680 bits per heavy atom. The Bertz CT molecular complexity index is 1130. The van der Waals surface area contributed by atoms with Crippen LogP contribution in [0.4, 0.5) is 0 Å². The molecule has 4 rings (SSSR count). The molecule has 0 amide bonds. The lowest BCUT2D eigenvalue weighted by atomic mass is 10.1. The minimum Gasteiger partial charge on any atom is -0.386 e. The molecular weight excluding hydrogens is 460 g/mol. The van der Waals surface area contributed by atoms with Gasteiger partial charge in [0.2, 0.25) is 0 Å². The van der Waals surface area contributed by atoms with Crippen molar-refractivity contribution < 1.29 is 14.3 Å². The largest absolute Gasteiger partial charge is 0.386 e. The summed E-state index contributed by atoms with van der Waals surface area (Å²) in [5, 5.41) is 5.29. The maximum absolute atomic E-state index is 11.2. The van der Waals surface area contributed by atoms with E-state index in [1.54, 1.807) is 36.4 Å². The molecule has 0 atom stereocenters. The maximum Gasteiger partial charge on any atom is 0.346 e. The minimum absolute atomic E-state index is 0.290. The van der Waals surface area contributed by atoms with E-state index in [-0.39, 0.29) is 11.1 Å². The number of aromatic amines is 2. The molecule has 0 bridgehead atoms. The number of hydrogen-bond acceptors (Lipinski definition) is 5. The number of carbonyl (C=O) groups is 2. The Morgan fingerprint density at radius 3 is 1.96 bits per heavy atom. The van der Waals surface area contributed by atoms with Crippen molar-refractivity contribution in [3.05, 3.63) is 77.2 Å². The number of ether oxygens (including phenoxy) is 1. The van der Waals surface area contributed by atoms with Gasteiger partial charge in [-0.15, -0.1) is 0 Å². The summed E-state index contributed by atoms with van der Waals surface area (Å²) in [6.07, 6.45) is 0. The van der Waals surface area contributed by atoms with E-state index in [4.69, 9.17) is 0 Å². The summed E-state index contributed by atoms with van der Waals surface area (Å²) in [5.74, 6) is -1.14. The molecule has 0 fully saturated rings. The van der Waals surface area contributed by atoms with E-state index in [0.29, 0.717) is 21.9 Å². The zero-order valence-electron chi connectivity index (χ0n) is 12.3. The van der Waals surface area contributed by atoms with Crippen molar-refractivity contribution in [2.75, 3.05) is 0 Å². The fraction of sp³-hybridized carbons (Fsp3) is 0. The standard InChI is InChI=1S/C8H5BrN2O2.C8H3BrO3/c9-4-1-2-5-6(3-4)8(13)11-10-7(5)12;9-4-1-2-5-6(3-4)8(11)12-7(5)10/h1-3H,(H,10,12)(H,11,13);1-3H. The Labute approximate surface area is 156 Å². The van der Waals surface area contributed by atoms with Crippen molar-refractivity contribution in [1.29, 1.82) is 0 Å². The van der Waals surface area contributed by atoms with Crippen LogP contribution < -0.4 is 11.1 Å². The number of H-pyrrole nitrogens is 2. The summed E-state index contributed by atoms with van der Waals surface area (Å²) in [5.41, 5.74) is 0.0792. The topological polar surface area (TPSA) is 109 Å². The first-order valence-corrected chi connectivity index (χ1v) is 8.41. The van der Waals surface area contributed by atoms with Crippen LogP contribution in [0.25, 0.3) is 10.8 Å². The van der Waals surface area contributed by atoms with Gasteiger partial charge in [-0.05, 0) is 36.4 Å². The summed E-state index contributed by atoms with van der Waals surface area (Å²) in [4.78, 5) is 44.3. The van der Waals surface area contributed by atoms with Crippen LogP contribution in [-0.2, 0) is 4.74 Å². The van der Waals surface area contributed by atoms with Gasteiger partial charge in [-0.3, -0.25) is 19.8 Å². The molecule has 0 unspecified atom stereocenters. The minimum atomic E-state index is -0.573. The second kappa shape index (κ2) is 6.77. The Balaban J connectivity index is 0.000000146. The van der Waals surface area contributed by atoms with Crippen molar-refractivity contribution in [2.24, 2.45) is 0 Å². The van der Waals surface area contributed by atoms with Crippen LogP contribution in [0.2, 0.25) is 0 Å². The van der Waals surface area contributed by atoms with Gasteiger partial charge in [0, 0.05) is 8.95 Å². The van der Waals surface area contributed by atoms with Gasteiger partial charge in [0.15, 0.2) is 0 Å². The molecule has 1 aliphatic rings. The molecule has 0 radical (unpaired) electrons. The quantitative estimate of drug-likeness (QED) is 0.390. The number of nitrogens with one attached hydrogen (secondary N) is 2. The van der Waals surface area contributed by atoms with Crippen LogP contribution in [0.15, 0.2) is 54.9 Å². The number of fused-ring (bicyclic) bond motifs is 2. The van der Waals surface area contributed by atoms with Gasteiger partial charge in [0.25, 0.3) is 11.1 Å². The lowest BCUT2D eigenvalue weighted by molar-refractivity contribution is 0.0444.